The quantitative estimate of drug-likeness (QED) is 0.763. The van der Waals surface area contributed by atoms with Crippen molar-refractivity contribution in [2.75, 3.05) is 0 Å². The summed E-state index contributed by atoms with van der Waals surface area (Å²) in [4.78, 5) is 0. The third kappa shape index (κ3) is 2.59. The fraction of sp³-hybridized carbons (Fsp3) is 0.250. The molecule has 1 aromatic carbocycles. The molecule has 0 bridgehead atoms. The van der Waals surface area contributed by atoms with Crippen LogP contribution in [0.4, 0.5) is 0 Å². The molecule has 0 spiro atoms. The molecule has 1 heterocycles. The largest absolute Gasteiger partial charge is 0.489 e. The van der Waals surface area contributed by atoms with Crippen molar-refractivity contribution in [1.82, 2.24) is 9.78 Å². The van der Waals surface area contributed by atoms with Gasteiger partial charge in [0, 0.05) is 18.8 Å². The normalized spacial score (nSPS) is 10.3. The van der Waals surface area contributed by atoms with Gasteiger partial charge < -0.3 is 4.74 Å². The molecule has 2 aromatic rings. The van der Waals surface area contributed by atoms with E-state index < -0.39 is 0 Å². The van der Waals surface area contributed by atoms with Crippen LogP contribution in [-0.4, -0.2) is 9.78 Å². The van der Waals surface area contributed by atoms with Crippen LogP contribution in [0.2, 0.25) is 0 Å². The van der Waals surface area contributed by atoms with Gasteiger partial charge in [-0.15, -0.1) is 0 Å². The van der Waals surface area contributed by atoms with E-state index >= 15 is 0 Å². The van der Waals surface area contributed by atoms with E-state index in [9.17, 15) is 0 Å². The number of ether oxygens (including phenoxy) is 1. The van der Waals surface area contributed by atoms with Gasteiger partial charge >= 0.3 is 0 Å². The molecular formula is C12H14N2O. The highest BCUT2D eigenvalue weighted by Gasteiger charge is 1.98. The predicted molar refractivity (Wildman–Crippen MR) is 58.7 cm³/mol. The van der Waals surface area contributed by atoms with Crippen LogP contribution in [-0.2, 0) is 13.7 Å². The van der Waals surface area contributed by atoms with Crippen molar-refractivity contribution >= 4 is 0 Å². The van der Waals surface area contributed by atoms with Gasteiger partial charge in [0.15, 0.2) is 0 Å². The number of benzene rings is 1. The van der Waals surface area contributed by atoms with Crippen molar-refractivity contribution in [3.63, 3.8) is 0 Å². The Bertz CT molecular complexity index is 448. The molecule has 2 rings (SSSR count). The Morgan fingerprint density at radius 1 is 1.40 bits per heavy atom. The van der Waals surface area contributed by atoms with Crippen LogP contribution in [0.25, 0.3) is 0 Å². The highest BCUT2D eigenvalue weighted by molar-refractivity contribution is 5.27. The van der Waals surface area contributed by atoms with Crippen LogP contribution in [0.15, 0.2) is 36.7 Å². The number of aromatic nitrogens is 2. The molecule has 0 fully saturated rings. The maximum Gasteiger partial charge on any atom is 0.120 e. The number of aryl methyl sites for hydroxylation is 2. The highest BCUT2D eigenvalue weighted by Crippen LogP contribution is 2.14. The summed E-state index contributed by atoms with van der Waals surface area (Å²) in [6, 6.07) is 8.03. The Labute approximate surface area is 89.3 Å². The van der Waals surface area contributed by atoms with Crippen molar-refractivity contribution in [3.8, 4) is 5.75 Å². The molecule has 0 saturated carbocycles. The lowest BCUT2D eigenvalue weighted by Crippen LogP contribution is -1.94. The van der Waals surface area contributed by atoms with Crippen LogP contribution < -0.4 is 4.74 Å². The molecule has 1 aromatic heterocycles. The number of rotatable bonds is 3. The topological polar surface area (TPSA) is 27.1 Å². The molecule has 0 aliphatic carbocycles. The Kier molecular flexibility index (Phi) is 2.72. The summed E-state index contributed by atoms with van der Waals surface area (Å²) in [5.74, 6) is 0.902. The summed E-state index contributed by atoms with van der Waals surface area (Å²) in [5, 5.41) is 4.08. The summed E-state index contributed by atoms with van der Waals surface area (Å²) in [6.45, 7) is 2.62. The molecule has 0 amide bonds. The maximum absolute atomic E-state index is 5.63. The van der Waals surface area contributed by atoms with Crippen LogP contribution in [0.1, 0.15) is 11.1 Å². The maximum atomic E-state index is 5.63. The zero-order valence-corrected chi connectivity index (χ0v) is 8.97. The van der Waals surface area contributed by atoms with Gasteiger partial charge in [-0.05, 0) is 24.6 Å². The smallest absolute Gasteiger partial charge is 0.120 e. The van der Waals surface area contributed by atoms with Crippen LogP contribution in [0, 0.1) is 6.92 Å². The van der Waals surface area contributed by atoms with Gasteiger partial charge in [0.2, 0.25) is 0 Å². The van der Waals surface area contributed by atoms with Crippen molar-refractivity contribution in [2.45, 2.75) is 13.5 Å². The van der Waals surface area contributed by atoms with E-state index in [1.165, 1.54) is 5.56 Å². The molecule has 0 aliphatic heterocycles. The number of nitrogens with zero attached hydrogens (tertiary/aromatic N) is 2. The molecule has 0 atom stereocenters. The zero-order valence-electron chi connectivity index (χ0n) is 8.97. The first-order valence-corrected chi connectivity index (χ1v) is 4.91. The second-order valence-corrected chi connectivity index (χ2v) is 3.63. The second kappa shape index (κ2) is 4.17. The van der Waals surface area contributed by atoms with E-state index in [1.54, 1.807) is 4.68 Å². The first-order valence-electron chi connectivity index (χ1n) is 4.91. The van der Waals surface area contributed by atoms with E-state index in [0.29, 0.717) is 6.61 Å². The van der Waals surface area contributed by atoms with Crippen LogP contribution >= 0.6 is 0 Å². The van der Waals surface area contributed by atoms with Crippen molar-refractivity contribution in [2.24, 2.45) is 7.05 Å². The van der Waals surface area contributed by atoms with Crippen LogP contribution in [0.5, 0.6) is 5.75 Å². The monoisotopic (exact) mass is 202 g/mol. The van der Waals surface area contributed by atoms with Crippen LogP contribution in [0.3, 0.4) is 0 Å². The fourth-order valence-electron chi connectivity index (χ4n) is 1.42. The third-order valence-electron chi connectivity index (χ3n) is 2.15. The van der Waals surface area contributed by atoms with Gasteiger partial charge in [0.25, 0.3) is 0 Å². The third-order valence-corrected chi connectivity index (χ3v) is 2.15. The summed E-state index contributed by atoms with van der Waals surface area (Å²) in [5.41, 5.74) is 2.29. The summed E-state index contributed by atoms with van der Waals surface area (Å²) >= 11 is 0. The van der Waals surface area contributed by atoms with Gasteiger partial charge in [-0.25, -0.2) is 0 Å². The van der Waals surface area contributed by atoms with E-state index in [1.807, 2.05) is 37.6 Å². The van der Waals surface area contributed by atoms with Gasteiger partial charge in [0.1, 0.15) is 12.4 Å². The molecule has 3 nitrogen and oxygen atoms in total. The van der Waals surface area contributed by atoms with Crippen molar-refractivity contribution in [1.29, 1.82) is 0 Å². The fourth-order valence-corrected chi connectivity index (χ4v) is 1.42. The second-order valence-electron chi connectivity index (χ2n) is 3.63. The Balaban J connectivity index is 1.99. The minimum absolute atomic E-state index is 0.567. The lowest BCUT2D eigenvalue weighted by Gasteiger charge is -2.04. The first kappa shape index (κ1) is 9.77. The summed E-state index contributed by atoms with van der Waals surface area (Å²) in [7, 11) is 1.90. The molecule has 78 valence electrons. The molecule has 0 saturated heterocycles. The van der Waals surface area contributed by atoms with Crippen molar-refractivity contribution in [3.05, 3.63) is 47.8 Å². The Morgan fingerprint density at radius 2 is 2.27 bits per heavy atom. The Morgan fingerprint density at radius 3 is 2.93 bits per heavy atom. The average Bonchev–Trinajstić information content (AvgIpc) is 2.62. The first-order chi connectivity index (χ1) is 7.24. The molecule has 3 heteroatoms. The minimum atomic E-state index is 0.567. The summed E-state index contributed by atoms with van der Waals surface area (Å²) < 4.78 is 7.41. The number of hydrogen-bond acceptors (Lipinski definition) is 2. The van der Waals surface area contributed by atoms with E-state index in [-0.39, 0.29) is 0 Å². The standard InChI is InChI=1S/C12H14N2O/c1-10-4-3-5-12(6-10)15-9-11-7-13-14(2)8-11/h3-8H,9H2,1-2H3. The van der Waals surface area contributed by atoms with E-state index in [0.717, 1.165) is 11.3 Å². The van der Waals surface area contributed by atoms with Gasteiger partial charge in [0.05, 0.1) is 6.20 Å². The van der Waals surface area contributed by atoms with Gasteiger partial charge in [-0.3, -0.25) is 4.68 Å². The Hall–Kier alpha value is -1.77. The zero-order chi connectivity index (χ0) is 10.7. The minimum Gasteiger partial charge on any atom is -0.489 e. The molecule has 0 radical (unpaired) electrons. The van der Waals surface area contributed by atoms with Crippen molar-refractivity contribution < 1.29 is 4.74 Å². The molecule has 0 aliphatic rings. The average molecular weight is 202 g/mol. The van der Waals surface area contributed by atoms with E-state index in [4.69, 9.17) is 4.74 Å². The predicted octanol–water partition coefficient (Wildman–Crippen LogP) is 2.31. The molecule has 15 heavy (non-hydrogen) atoms. The summed E-state index contributed by atoms with van der Waals surface area (Å²) in [6.07, 6.45) is 3.77. The lowest BCUT2D eigenvalue weighted by molar-refractivity contribution is 0.306. The van der Waals surface area contributed by atoms with Gasteiger partial charge in [-0.2, -0.15) is 5.10 Å². The highest BCUT2D eigenvalue weighted by atomic mass is 16.5. The number of hydrogen-bond donors (Lipinski definition) is 0. The lowest BCUT2D eigenvalue weighted by atomic mass is 10.2. The molecule has 0 N–H and O–H groups in total. The SMILES string of the molecule is Cc1cccc(OCc2cnn(C)c2)c1. The molecular weight excluding hydrogens is 188 g/mol. The molecule has 0 unspecified atom stereocenters. The van der Waals surface area contributed by atoms with Gasteiger partial charge in [-0.1, -0.05) is 12.1 Å². The van der Waals surface area contributed by atoms with E-state index in [2.05, 4.69) is 18.1 Å².